The number of aliphatic carboxylic acids is 1. The first-order valence-electron chi connectivity index (χ1n) is 8.98. The molecule has 1 fully saturated rings. The number of benzene rings is 1. The van der Waals surface area contributed by atoms with Gasteiger partial charge in [-0.25, -0.2) is 0 Å². The lowest BCUT2D eigenvalue weighted by Gasteiger charge is -2.34. The molecule has 1 amide bonds. The number of methoxy groups -OCH3 is 1. The average Bonchev–Trinajstić information content (AvgIpc) is 2.70. The van der Waals surface area contributed by atoms with Gasteiger partial charge in [0, 0.05) is 30.7 Å². The van der Waals surface area contributed by atoms with Crippen molar-refractivity contribution in [3.8, 4) is 5.75 Å². The van der Waals surface area contributed by atoms with Gasteiger partial charge in [0.1, 0.15) is 12.3 Å². The van der Waals surface area contributed by atoms with Gasteiger partial charge < -0.3 is 20.1 Å². The number of carbonyl (C=O) groups excluding carboxylic acids is 1. The number of nitrogens with one attached hydrogen (secondary N) is 1. The number of ether oxygens (including phenoxy) is 1. The Balaban J connectivity index is 1.90. The van der Waals surface area contributed by atoms with Crippen LogP contribution < -0.4 is 15.0 Å². The Morgan fingerprint density at radius 1 is 1.28 bits per heavy atom. The van der Waals surface area contributed by atoms with E-state index in [1.54, 1.807) is 18.2 Å². The Morgan fingerprint density at radius 3 is 2.55 bits per heavy atom. The molecule has 2 aromatic rings. The fraction of sp³-hybridized carbons (Fsp3) is 0.421. The van der Waals surface area contributed by atoms with Crippen molar-refractivity contribution >= 4 is 28.5 Å². The fourth-order valence-corrected chi connectivity index (χ4v) is 3.39. The molecule has 0 spiro atoms. The third kappa shape index (κ3) is 4.69. The van der Waals surface area contributed by atoms with Gasteiger partial charge in [0.05, 0.1) is 29.8 Å². The summed E-state index contributed by atoms with van der Waals surface area (Å²) >= 11 is 0. The van der Waals surface area contributed by atoms with Crippen molar-refractivity contribution in [3.05, 3.63) is 30.0 Å². The zero-order chi connectivity index (χ0) is 21.2. The summed E-state index contributed by atoms with van der Waals surface area (Å²) in [5.41, 5.74) is 1.34. The largest absolute Gasteiger partial charge is 0.497 e. The van der Waals surface area contributed by atoms with Crippen LogP contribution in [-0.4, -0.2) is 54.9 Å². The van der Waals surface area contributed by atoms with Crippen LogP contribution in [0.3, 0.4) is 0 Å². The number of pyridine rings is 1. The topological polar surface area (TPSA) is 91.8 Å². The molecule has 1 aromatic carbocycles. The molecule has 0 radical (unpaired) electrons. The van der Waals surface area contributed by atoms with E-state index >= 15 is 0 Å². The lowest BCUT2D eigenvalue weighted by Crippen LogP contribution is -2.39. The van der Waals surface area contributed by atoms with Crippen molar-refractivity contribution in [1.29, 1.82) is 0 Å². The quantitative estimate of drug-likeness (QED) is 0.786. The molecule has 3 rings (SSSR count). The van der Waals surface area contributed by atoms with Crippen LogP contribution in [-0.2, 0) is 4.79 Å². The number of alkyl halides is 3. The molecular weight excluding hydrogens is 391 g/mol. The monoisotopic (exact) mass is 411 g/mol. The van der Waals surface area contributed by atoms with Crippen LogP contribution in [0.4, 0.5) is 18.9 Å². The first kappa shape index (κ1) is 20.7. The van der Waals surface area contributed by atoms with Crippen LogP contribution in [0, 0.1) is 5.92 Å². The molecule has 1 aromatic heterocycles. The summed E-state index contributed by atoms with van der Waals surface area (Å²) in [6.07, 6.45) is -2.88. The second-order valence-electron chi connectivity index (χ2n) is 6.82. The molecule has 2 heterocycles. The highest BCUT2D eigenvalue weighted by molar-refractivity contribution is 6.01. The maximum absolute atomic E-state index is 12.9. The third-order valence-electron chi connectivity index (χ3n) is 4.93. The van der Waals surface area contributed by atoms with Crippen molar-refractivity contribution in [2.24, 2.45) is 5.92 Å². The number of amides is 1. The molecule has 1 aliphatic rings. The summed E-state index contributed by atoms with van der Waals surface area (Å²) in [5.74, 6) is -2.58. The van der Waals surface area contributed by atoms with Crippen LogP contribution in [0.1, 0.15) is 23.2 Å². The van der Waals surface area contributed by atoms with Gasteiger partial charge in [-0.15, -0.1) is 0 Å². The van der Waals surface area contributed by atoms with Crippen molar-refractivity contribution in [2.45, 2.75) is 19.0 Å². The number of carboxylic acid groups (broad SMARTS) is 1. The minimum absolute atomic E-state index is 0.00210. The first-order chi connectivity index (χ1) is 13.7. The Kier molecular flexibility index (Phi) is 5.81. The lowest BCUT2D eigenvalue weighted by atomic mass is 9.95. The van der Waals surface area contributed by atoms with E-state index < -0.39 is 30.5 Å². The van der Waals surface area contributed by atoms with E-state index in [4.69, 9.17) is 9.84 Å². The fourth-order valence-electron chi connectivity index (χ4n) is 3.39. The first-order valence-corrected chi connectivity index (χ1v) is 8.98. The molecule has 29 heavy (non-hydrogen) atoms. The molecule has 0 atom stereocenters. The number of nitrogens with zero attached hydrogens (tertiary/aromatic N) is 2. The molecule has 0 bridgehead atoms. The summed E-state index contributed by atoms with van der Waals surface area (Å²) in [5, 5.41) is 11.5. The molecule has 1 saturated heterocycles. The number of aromatic nitrogens is 1. The normalized spacial score (nSPS) is 15.4. The molecule has 156 valence electrons. The smallest absolute Gasteiger partial charge is 0.391 e. The van der Waals surface area contributed by atoms with Crippen LogP contribution >= 0.6 is 0 Å². The molecule has 0 unspecified atom stereocenters. The maximum atomic E-state index is 12.9. The molecule has 1 aliphatic heterocycles. The number of carboxylic acids is 1. The van der Waals surface area contributed by atoms with Gasteiger partial charge in [0.25, 0.3) is 5.91 Å². The van der Waals surface area contributed by atoms with E-state index in [1.165, 1.54) is 13.3 Å². The average molecular weight is 411 g/mol. The van der Waals surface area contributed by atoms with Crippen LogP contribution in [0.15, 0.2) is 24.4 Å². The van der Waals surface area contributed by atoms with Gasteiger partial charge in [-0.2, -0.15) is 13.2 Å². The van der Waals surface area contributed by atoms with Gasteiger partial charge in [0.2, 0.25) is 0 Å². The van der Waals surface area contributed by atoms with E-state index in [0.717, 1.165) is 0 Å². The Hall–Kier alpha value is -3.04. The van der Waals surface area contributed by atoms with Gasteiger partial charge >= 0.3 is 12.1 Å². The molecule has 0 aliphatic carbocycles. The van der Waals surface area contributed by atoms with Gasteiger partial charge in [-0.05, 0) is 25.0 Å². The number of fused-ring (bicyclic) bond motifs is 1. The summed E-state index contributed by atoms with van der Waals surface area (Å²) in [7, 11) is 1.47. The second kappa shape index (κ2) is 8.14. The zero-order valence-electron chi connectivity index (χ0n) is 15.6. The number of hydrogen-bond donors (Lipinski definition) is 2. The summed E-state index contributed by atoms with van der Waals surface area (Å²) < 4.78 is 44.1. The number of hydrogen-bond acceptors (Lipinski definition) is 5. The van der Waals surface area contributed by atoms with Crippen LogP contribution in [0.2, 0.25) is 0 Å². The number of rotatable bonds is 5. The zero-order valence-corrected chi connectivity index (χ0v) is 15.6. The summed E-state index contributed by atoms with van der Waals surface area (Å²) in [6, 6.07) is 4.93. The number of carbonyl (C=O) groups is 2. The Labute approximate surface area is 164 Å². The minimum atomic E-state index is -4.20. The predicted octanol–water partition coefficient (Wildman–Crippen LogP) is 2.84. The molecular formula is C19H20F3N3O4. The van der Waals surface area contributed by atoms with Crippen molar-refractivity contribution < 1.29 is 32.6 Å². The highest BCUT2D eigenvalue weighted by atomic mass is 19.4. The van der Waals surface area contributed by atoms with Crippen molar-refractivity contribution in [2.75, 3.05) is 31.6 Å². The third-order valence-corrected chi connectivity index (χ3v) is 4.93. The highest BCUT2D eigenvalue weighted by Crippen LogP contribution is 2.38. The standard InChI is InChI=1S/C19H20F3N3O4/c1-29-14-7-11-6-12(18(28)24-10-16(26)27)9-23-17(11)15(8-14)25-4-2-13(3-5-25)19(20,21)22/h6-9,13H,2-5,10H2,1H3,(H,24,28)(H,26,27). The highest BCUT2D eigenvalue weighted by Gasteiger charge is 2.41. The van der Waals surface area contributed by atoms with E-state index in [2.05, 4.69) is 10.3 Å². The second-order valence-corrected chi connectivity index (χ2v) is 6.82. The maximum Gasteiger partial charge on any atom is 0.391 e. The van der Waals surface area contributed by atoms with Gasteiger partial charge in [0.15, 0.2) is 0 Å². The minimum Gasteiger partial charge on any atom is -0.497 e. The Bertz CT molecular complexity index is 925. The SMILES string of the molecule is COc1cc(N2CCC(C(F)(F)F)CC2)c2ncc(C(=O)NCC(=O)O)cc2c1. The van der Waals surface area contributed by atoms with Gasteiger partial charge in [-0.1, -0.05) is 0 Å². The lowest BCUT2D eigenvalue weighted by molar-refractivity contribution is -0.179. The van der Waals surface area contributed by atoms with Gasteiger partial charge in [-0.3, -0.25) is 14.6 Å². The van der Waals surface area contributed by atoms with E-state index in [-0.39, 0.29) is 31.5 Å². The van der Waals surface area contributed by atoms with Crippen molar-refractivity contribution in [1.82, 2.24) is 10.3 Å². The number of piperidine rings is 1. The van der Waals surface area contributed by atoms with Crippen molar-refractivity contribution in [3.63, 3.8) is 0 Å². The molecule has 2 N–H and O–H groups in total. The number of halogens is 3. The molecule has 10 heteroatoms. The van der Waals surface area contributed by atoms with E-state index in [1.807, 2.05) is 4.90 Å². The molecule has 7 nitrogen and oxygen atoms in total. The van der Waals surface area contributed by atoms with E-state index in [0.29, 0.717) is 22.3 Å². The number of anilines is 1. The summed E-state index contributed by atoms with van der Waals surface area (Å²) in [6.45, 7) is -0.0572. The van der Waals surface area contributed by atoms with E-state index in [9.17, 15) is 22.8 Å². The van der Waals surface area contributed by atoms with Crippen LogP contribution in [0.5, 0.6) is 5.75 Å². The summed E-state index contributed by atoms with van der Waals surface area (Å²) in [4.78, 5) is 28.9. The van der Waals surface area contributed by atoms with Crippen LogP contribution in [0.25, 0.3) is 10.9 Å². The molecule has 0 saturated carbocycles. The Morgan fingerprint density at radius 2 is 1.97 bits per heavy atom. The predicted molar refractivity (Wildman–Crippen MR) is 99.3 cm³/mol.